The van der Waals surface area contributed by atoms with Gasteiger partial charge in [0.05, 0.1) is 18.0 Å². The van der Waals surface area contributed by atoms with Gasteiger partial charge in [-0.1, -0.05) is 55.0 Å². The zero-order chi connectivity index (χ0) is 20.7. The maximum absolute atomic E-state index is 12.4. The summed E-state index contributed by atoms with van der Waals surface area (Å²) in [4.78, 5) is 12.4. The highest BCUT2D eigenvalue weighted by atomic mass is 32.2. The molecule has 0 radical (unpaired) electrons. The summed E-state index contributed by atoms with van der Waals surface area (Å²) in [6, 6.07) is 15.5. The van der Waals surface area contributed by atoms with Crippen molar-refractivity contribution in [3.05, 3.63) is 65.2 Å². The Morgan fingerprint density at radius 2 is 1.71 bits per heavy atom. The Bertz CT molecular complexity index is 892. The van der Waals surface area contributed by atoms with E-state index in [4.69, 9.17) is 0 Å². The predicted octanol–water partition coefficient (Wildman–Crippen LogP) is 4.12. The molecule has 2 rings (SSSR count). The van der Waals surface area contributed by atoms with Crippen LogP contribution in [0.3, 0.4) is 0 Å². The van der Waals surface area contributed by atoms with Gasteiger partial charge in [-0.2, -0.15) is 0 Å². The van der Waals surface area contributed by atoms with E-state index in [0.29, 0.717) is 12.1 Å². The van der Waals surface area contributed by atoms with Crippen LogP contribution in [0.1, 0.15) is 48.9 Å². The van der Waals surface area contributed by atoms with Gasteiger partial charge in [0.2, 0.25) is 15.9 Å². The Morgan fingerprint density at radius 3 is 2.29 bits per heavy atom. The zero-order valence-corrected chi connectivity index (χ0v) is 17.9. The van der Waals surface area contributed by atoms with Crippen LogP contribution >= 0.6 is 0 Å². The van der Waals surface area contributed by atoms with Crippen molar-refractivity contribution in [2.24, 2.45) is 0 Å². The molecule has 28 heavy (non-hydrogen) atoms. The van der Waals surface area contributed by atoms with E-state index in [1.54, 1.807) is 6.07 Å². The van der Waals surface area contributed by atoms with Gasteiger partial charge in [0.1, 0.15) is 0 Å². The first-order valence-corrected chi connectivity index (χ1v) is 11.5. The number of anilines is 1. The van der Waals surface area contributed by atoms with Crippen molar-refractivity contribution in [2.45, 2.75) is 46.1 Å². The molecule has 1 N–H and O–H groups in total. The molecular weight excluding hydrogens is 372 g/mol. The normalized spacial score (nSPS) is 12.4. The number of para-hydroxylation sites is 1. The van der Waals surface area contributed by atoms with Gasteiger partial charge in [-0.05, 0) is 43.9 Å². The molecule has 0 fully saturated rings. The average Bonchev–Trinajstić information content (AvgIpc) is 2.64. The molecule has 0 spiro atoms. The number of nitrogens with one attached hydrogen (secondary N) is 1. The lowest BCUT2D eigenvalue weighted by Gasteiger charge is -2.24. The first-order chi connectivity index (χ1) is 13.2. The van der Waals surface area contributed by atoms with Crippen LogP contribution in [-0.4, -0.2) is 27.1 Å². The third-order valence-corrected chi connectivity index (χ3v) is 5.95. The van der Waals surface area contributed by atoms with Crippen LogP contribution in [0.25, 0.3) is 0 Å². The van der Waals surface area contributed by atoms with E-state index < -0.39 is 10.0 Å². The SMILES string of the molecule is CC[C@H](NC(=O)CCCN(c1ccccc1C)S(C)(=O)=O)c1ccc(C)cc1. The molecule has 6 heteroatoms. The van der Waals surface area contributed by atoms with Crippen molar-refractivity contribution in [3.8, 4) is 0 Å². The minimum absolute atomic E-state index is 0.0320. The Kier molecular flexibility index (Phi) is 7.63. The average molecular weight is 403 g/mol. The smallest absolute Gasteiger partial charge is 0.232 e. The fraction of sp³-hybridized carbons (Fsp3) is 0.409. The standard InChI is InChI=1S/C22H30N2O3S/c1-5-20(19-14-12-17(2)13-15-19)23-22(25)11-8-16-24(28(4,26)27)21-10-7-6-9-18(21)3/h6-7,9-10,12-15,20H,5,8,11,16H2,1-4H3,(H,23,25)/t20-/m0/s1. The lowest BCUT2D eigenvalue weighted by molar-refractivity contribution is -0.121. The summed E-state index contributed by atoms with van der Waals surface area (Å²) in [6.07, 6.45) is 2.73. The molecule has 152 valence electrons. The van der Waals surface area contributed by atoms with Gasteiger partial charge in [0.25, 0.3) is 0 Å². The molecule has 0 aromatic heterocycles. The quantitative estimate of drug-likeness (QED) is 0.686. The van der Waals surface area contributed by atoms with Gasteiger partial charge in [-0.15, -0.1) is 0 Å². The maximum atomic E-state index is 12.4. The summed E-state index contributed by atoms with van der Waals surface area (Å²) >= 11 is 0. The molecule has 0 unspecified atom stereocenters. The van der Waals surface area contributed by atoms with Crippen LogP contribution < -0.4 is 9.62 Å². The van der Waals surface area contributed by atoms with Crippen molar-refractivity contribution in [1.29, 1.82) is 0 Å². The summed E-state index contributed by atoms with van der Waals surface area (Å²) in [5.41, 5.74) is 3.82. The van der Waals surface area contributed by atoms with Crippen LogP contribution in [0.5, 0.6) is 0 Å². The monoisotopic (exact) mass is 402 g/mol. The minimum Gasteiger partial charge on any atom is -0.349 e. The molecule has 0 aliphatic rings. The summed E-state index contributed by atoms with van der Waals surface area (Å²) in [6.45, 7) is 6.23. The van der Waals surface area contributed by atoms with E-state index >= 15 is 0 Å². The molecule has 0 saturated carbocycles. The zero-order valence-electron chi connectivity index (χ0n) is 17.1. The predicted molar refractivity (Wildman–Crippen MR) is 115 cm³/mol. The highest BCUT2D eigenvalue weighted by Gasteiger charge is 2.19. The number of nitrogens with zero attached hydrogens (tertiary/aromatic N) is 1. The second-order valence-electron chi connectivity index (χ2n) is 7.16. The van der Waals surface area contributed by atoms with E-state index in [9.17, 15) is 13.2 Å². The minimum atomic E-state index is -3.41. The number of hydrogen-bond donors (Lipinski definition) is 1. The first kappa shape index (κ1) is 22.0. The third-order valence-electron chi connectivity index (χ3n) is 4.77. The van der Waals surface area contributed by atoms with Crippen LogP contribution in [0, 0.1) is 13.8 Å². The number of amides is 1. The maximum Gasteiger partial charge on any atom is 0.232 e. The van der Waals surface area contributed by atoms with Crippen molar-refractivity contribution in [3.63, 3.8) is 0 Å². The molecule has 0 heterocycles. The second-order valence-corrected chi connectivity index (χ2v) is 9.07. The fourth-order valence-corrected chi connectivity index (χ4v) is 4.20. The second kappa shape index (κ2) is 9.73. The van der Waals surface area contributed by atoms with Gasteiger partial charge in [-0.25, -0.2) is 8.42 Å². The van der Waals surface area contributed by atoms with E-state index in [2.05, 4.69) is 5.32 Å². The van der Waals surface area contributed by atoms with E-state index in [1.165, 1.54) is 16.1 Å². The van der Waals surface area contributed by atoms with Gasteiger partial charge < -0.3 is 5.32 Å². The van der Waals surface area contributed by atoms with Gasteiger partial charge in [-0.3, -0.25) is 9.10 Å². The molecule has 2 aromatic rings. The number of sulfonamides is 1. The van der Waals surface area contributed by atoms with E-state index in [-0.39, 0.29) is 24.9 Å². The molecule has 5 nitrogen and oxygen atoms in total. The molecule has 0 bridgehead atoms. The van der Waals surface area contributed by atoms with E-state index in [1.807, 2.05) is 63.2 Å². The Hall–Kier alpha value is -2.34. The van der Waals surface area contributed by atoms with Gasteiger partial charge in [0.15, 0.2) is 0 Å². The molecule has 0 saturated heterocycles. The first-order valence-electron chi connectivity index (χ1n) is 9.61. The molecule has 1 amide bonds. The number of benzene rings is 2. The lowest BCUT2D eigenvalue weighted by Crippen LogP contribution is -2.33. The van der Waals surface area contributed by atoms with Crippen molar-refractivity contribution < 1.29 is 13.2 Å². The van der Waals surface area contributed by atoms with Crippen LogP contribution in [-0.2, 0) is 14.8 Å². The van der Waals surface area contributed by atoms with Crippen molar-refractivity contribution in [2.75, 3.05) is 17.1 Å². The Labute approximate surface area is 168 Å². The molecule has 2 aromatic carbocycles. The molecule has 0 aliphatic heterocycles. The largest absolute Gasteiger partial charge is 0.349 e. The summed E-state index contributed by atoms with van der Waals surface area (Å²) < 4.78 is 25.8. The van der Waals surface area contributed by atoms with Crippen LogP contribution in [0.2, 0.25) is 0 Å². The van der Waals surface area contributed by atoms with E-state index in [0.717, 1.165) is 17.5 Å². The number of aryl methyl sites for hydroxylation is 2. The molecular formula is C22H30N2O3S. The summed E-state index contributed by atoms with van der Waals surface area (Å²) in [7, 11) is -3.41. The number of hydrogen-bond acceptors (Lipinski definition) is 3. The molecule has 1 atom stereocenters. The number of rotatable bonds is 9. The lowest BCUT2D eigenvalue weighted by atomic mass is 10.0. The third kappa shape index (κ3) is 6.09. The number of carbonyl (C=O) groups excluding carboxylic acids is 1. The molecule has 0 aliphatic carbocycles. The van der Waals surface area contributed by atoms with Gasteiger partial charge >= 0.3 is 0 Å². The fourth-order valence-electron chi connectivity index (χ4n) is 3.18. The number of carbonyl (C=O) groups is 1. The highest BCUT2D eigenvalue weighted by Crippen LogP contribution is 2.23. The summed E-state index contributed by atoms with van der Waals surface area (Å²) in [5, 5.41) is 3.06. The Balaban J connectivity index is 1.97. The van der Waals surface area contributed by atoms with Gasteiger partial charge in [0, 0.05) is 13.0 Å². The van der Waals surface area contributed by atoms with Crippen molar-refractivity contribution in [1.82, 2.24) is 5.32 Å². The highest BCUT2D eigenvalue weighted by molar-refractivity contribution is 7.92. The Morgan fingerprint density at radius 1 is 1.07 bits per heavy atom. The van der Waals surface area contributed by atoms with Crippen LogP contribution in [0.15, 0.2) is 48.5 Å². The van der Waals surface area contributed by atoms with Crippen LogP contribution in [0.4, 0.5) is 5.69 Å². The topological polar surface area (TPSA) is 66.5 Å². The van der Waals surface area contributed by atoms with Crippen molar-refractivity contribution >= 4 is 21.6 Å². The summed E-state index contributed by atoms with van der Waals surface area (Å²) in [5.74, 6) is -0.0642.